The van der Waals surface area contributed by atoms with Gasteiger partial charge in [0.25, 0.3) is 0 Å². The number of fused-ring (bicyclic) bond motifs is 4. The van der Waals surface area contributed by atoms with E-state index in [1.807, 2.05) is 24.3 Å². The van der Waals surface area contributed by atoms with E-state index in [2.05, 4.69) is 45.6 Å². The Hall–Kier alpha value is -1.94. The Bertz CT molecular complexity index is 972. The van der Waals surface area contributed by atoms with Crippen LogP contribution in [0.2, 0.25) is 0 Å². The van der Waals surface area contributed by atoms with Gasteiger partial charge in [-0.25, -0.2) is 9.97 Å². The third-order valence-corrected chi connectivity index (χ3v) is 4.25. The van der Waals surface area contributed by atoms with Gasteiger partial charge in [0.05, 0.1) is 16.6 Å². The summed E-state index contributed by atoms with van der Waals surface area (Å²) >= 11 is 3.56. The van der Waals surface area contributed by atoms with Crippen LogP contribution < -0.4 is 0 Å². The molecule has 0 aliphatic heterocycles. The van der Waals surface area contributed by atoms with Crippen LogP contribution in [0, 0.1) is 0 Å². The molecule has 3 nitrogen and oxygen atoms in total. The number of nitrogens with zero attached hydrogens (tertiary/aromatic N) is 3. The smallest absolute Gasteiger partial charge is 0.160 e. The second-order valence-electron chi connectivity index (χ2n) is 5.20. The van der Waals surface area contributed by atoms with Gasteiger partial charge in [0.15, 0.2) is 5.65 Å². The van der Waals surface area contributed by atoms with Gasteiger partial charge in [0.1, 0.15) is 5.52 Å². The minimum absolute atomic E-state index is 0.945. The predicted molar refractivity (Wildman–Crippen MR) is 90.5 cm³/mol. The van der Waals surface area contributed by atoms with E-state index in [0.717, 1.165) is 45.0 Å². The largest absolute Gasteiger partial charge is 0.324 e. The number of para-hydroxylation sites is 2. The van der Waals surface area contributed by atoms with Crippen molar-refractivity contribution in [2.45, 2.75) is 19.9 Å². The molecule has 0 saturated carbocycles. The van der Waals surface area contributed by atoms with Crippen molar-refractivity contribution in [1.82, 2.24) is 14.5 Å². The van der Waals surface area contributed by atoms with E-state index < -0.39 is 0 Å². The lowest BCUT2D eigenvalue weighted by Gasteiger charge is -2.04. The molecular formula is C17H14BrN3. The number of aromatic nitrogens is 3. The first kappa shape index (κ1) is 12.8. The molecule has 4 rings (SSSR count). The summed E-state index contributed by atoms with van der Waals surface area (Å²) in [6, 6.07) is 14.4. The summed E-state index contributed by atoms with van der Waals surface area (Å²) in [6.07, 6.45) is 1.07. The van der Waals surface area contributed by atoms with E-state index in [4.69, 9.17) is 9.97 Å². The SMILES string of the molecule is CCCn1c2ccc(Br)cc2c2nc3ccccc3nc21. The second kappa shape index (κ2) is 4.81. The first-order valence-corrected chi connectivity index (χ1v) is 7.91. The molecule has 2 heterocycles. The number of aryl methyl sites for hydroxylation is 1. The van der Waals surface area contributed by atoms with Crippen LogP contribution in [0.5, 0.6) is 0 Å². The van der Waals surface area contributed by atoms with Gasteiger partial charge in [0, 0.05) is 16.4 Å². The lowest BCUT2D eigenvalue weighted by atomic mass is 10.2. The quantitative estimate of drug-likeness (QED) is 0.519. The maximum Gasteiger partial charge on any atom is 0.160 e. The van der Waals surface area contributed by atoms with Crippen LogP contribution in [0.25, 0.3) is 33.1 Å². The third kappa shape index (κ3) is 1.94. The molecule has 2 aromatic carbocycles. The van der Waals surface area contributed by atoms with Crippen LogP contribution in [-0.2, 0) is 6.54 Å². The van der Waals surface area contributed by atoms with Crippen molar-refractivity contribution >= 4 is 49.0 Å². The first-order valence-electron chi connectivity index (χ1n) is 7.12. The first-order chi connectivity index (χ1) is 10.3. The molecule has 0 aliphatic carbocycles. The molecule has 0 N–H and O–H groups in total. The molecule has 0 saturated heterocycles. The molecule has 0 aliphatic rings. The van der Waals surface area contributed by atoms with Crippen LogP contribution in [-0.4, -0.2) is 14.5 Å². The second-order valence-corrected chi connectivity index (χ2v) is 6.11. The van der Waals surface area contributed by atoms with Gasteiger partial charge in [-0.1, -0.05) is 35.0 Å². The van der Waals surface area contributed by atoms with Gasteiger partial charge in [-0.2, -0.15) is 0 Å². The van der Waals surface area contributed by atoms with E-state index >= 15 is 0 Å². The molecular weight excluding hydrogens is 326 g/mol. The molecule has 0 bridgehead atoms. The Balaban J connectivity index is 2.22. The van der Waals surface area contributed by atoms with E-state index in [1.165, 1.54) is 5.52 Å². The Morgan fingerprint density at radius 1 is 1.05 bits per heavy atom. The Morgan fingerprint density at radius 2 is 1.81 bits per heavy atom. The number of hydrogen-bond donors (Lipinski definition) is 0. The maximum absolute atomic E-state index is 4.85. The van der Waals surface area contributed by atoms with Crippen LogP contribution >= 0.6 is 15.9 Å². The molecule has 0 unspecified atom stereocenters. The number of hydrogen-bond acceptors (Lipinski definition) is 2. The Labute approximate surface area is 130 Å². The standard InChI is InChI=1S/C17H14BrN3/c1-2-9-21-15-8-7-11(18)10-12(15)16-17(21)20-14-6-4-3-5-13(14)19-16/h3-8,10H,2,9H2,1H3. The van der Waals surface area contributed by atoms with Crippen LogP contribution in [0.3, 0.4) is 0 Å². The van der Waals surface area contributed by atoms with Crippen molar-refractivity contribution in [1.29, 1.82) is 0 Å². The molecule has 0 radical (unpaired) electrons. The summed E-state index contributed by atoms with van der Waals surface area (Å²) in [5, 5.41) is 1.16. The minimum atomic E-state index is 0.945. The zero-order valence-corrected chi connectivity index (χ0v) is 13.3. The molecule has 0 amide bonds. The number of rotatable bonds is 2. The van der Waals surface area contributed by atoms with E-state index in [1.54, 1.807) is 0 Å². The fourth-order valence-corrected chi connectivity index (χ4v) is 3.22. The van der Waals surface area contributed by atoms with Gasteiger partial charge < -0.3 is 4.57 Å². The monoisotopic (exact) mass is 339 g/mol. The van der Waals surface area contributed by atoms with Crippen LogP contribution in [0.4, 0.5) is 0 Å². The van der Waals surface area contributed by atoms with Crippen molar-refractivity contribution < 1.29 is 0 Å². The number of halogens is 1. The molecule has 0 atom stereocenters. The molecule has 4 heteroatoms. The van der Waals surface area contributed by atoms with Gasteiger partial charge in [-0.05, 0) is 36.8 Å². The zero-order chi connectivity index (χ0) is 14.4. The Kier molecular flexibility index (Phi) is 2.93. The van der Waals surface area contributed by atoms with Gasteiger partial charge >= 0.3 is 0 Å². The molecule has 4 aromatic rings. The molecule has 104 valence electrons. The lowest BCUT2D eigenvalue weighted by molar-refractivity contribution is 0.718. The molecule has 2 aromatic heterocycles. The molecule has 0 fully saturated rings. The predicted octanol–water partition coefficient (Wildman–Crippen LogP) is 4.91. The highest BCUT2D eigenvalue weighted by molar-refractivity contribution is 9.10. The van der Waals surface area contributed by atoms with E-state index in [0.29, 0.717) is 0 Å². The average Bonchev–Trinajstić information content (AvgIpc) is 2.79. The highest BCUT2D eigenvalue weighted by Crippen LogP contribution is 2.30. The van der Waals surface area contributed by atoms with Crippen molar-refractivity contribution in [3.8, 4) is 0 Å². The maximum atomic E-state index is 4.85. The number of benzene rings is 2. The van der Waals surface area contributed by atoms with Crippen molar-refractivity contribution in [3.05, 3.63) is 46.9 Å². The summed E-state index contributed by atoms with van der Waals surface area (Å²) in [5.41, 5.74) is 5.05. The van der Waals surface area contributed by atoms with Crippen molar-refractivity contribution in [2.24, 2.45) is 0 Å². The minimum Gasteiger partial charge on any atom is -0.324 e. The van der Waals surface area contributed by atoms with Crippen LogP contribution in [0.1, 0.15) is 13.3 Å². The summed E-state index contributed by atoms with van der Waals surface area (Å²) in [6.45, 7) is 3.14. The average molecular weight is 340 g/mol. The fourth-order valence-electron chi connectivity index (χ4n) is 2.86. The van der Waals surface area contributed by atoms with E-state index in [-0.39, 0.29) is 0 Å². The fraction of sp³-hybridized carbons (Fsp3) is 0.176. The van der Waals surface area contributed by atoms with Gasteiger partial charge in [-0.15, -0.1) is 0 Å². The Morgan fingerprint density at radius 3 is 2.57 bits per heavy atom. The van der Waals surface area contributed by atoms with E-state index in [9.17, 15) is 0 Å². The highest BCUT2D eigenvalue weighted by atomic mass is 79.9. The summed E-state index contributed by atoms with van der Waals surface area (Å²) < 4.78 is 3.34. The highest BCUT2D eigenvalue weighted by Gasteiger charge is 2.14. The van der Waals surface area contributed by atoms with Crippen molar-refractivity contribution in [2.75, 3.05) is 0 Å². The van der Waals surface area contributed by atoms with Gasteiger partial charge in [-0.3, -0.25) is 0 Å². The zero-order valence-electron chi connectivity index (χ0n) is 11.7. The van der Waals surface area contributed by atoms with Crippen molar-refractivity contribution in [3.63, 3.8) is 0 Å². The molecule has 0 spiro atoms. The third-order valence-electron chi connectivity index (χ3n) is 3.76. The normalized spacial score (nSPS) is 11.7. The van der Waals surface area contributed by atoms with Crippen LogP contribution in [0.15, 0.2) is 46.9 Å². The topological polar surface area (TPSA) is 30.7 Å². The van der Waals surface area contributed by atoms with Gasteiger partial charge in [0.2, 0.25) is 0 Å². The lowest BCUT2D eigenvalue weighted by Crippen LogP contribution is -1.98. The summed E-state index contributed by atoms with van der Waals surface area (Å²) in [5.74, 6) is 0. The summed E-state index contributed by atoms with van der Waals surface area (Å²) in [4.78, 5) is 9.69. The summed E-state index contributed by atoms with van der Waals surface area (Å²) in [7, 11) is 0. The molecule has 21 heavy (non-hydrogen) atoms.